The van der Waals surface area contributed by atoms with Crippen LogP contribution in [0.15, 0.2) is 18.2 Å². The lowest BCUT2D eigenvalue weighted by molar-refractivity contribution is -0.384. The van der Waals surface area contributed by atoms with Gasteiger partial charge in [0, 0.05) is 24.8 Å². The Morgan fingerprint density at radius 2 is 2.37 bits per heavy atom. The highest BCUT2D eigenvalue weighted by molar-refractivity contribution is 5.95. The number of nitro benzene ring substituents is 1. The number of hydrogen-bond donors (Lipinski definition) is 1. The summed E-state index contributed by atoms with van der Waals surface area (Å²) in [7, 11) is 0. The maximum absolute atomic E-state index is 11.2. The molecule has 1 fully saturated rings. The third-order valence-electron chi connectivity index (χ3n) is 3.15. The van der Waals surface area contributed by atoms with Gasteiger partial charge in [-0.1, -0.05) is 0 Å². The van der Waals surface area contributed by atoms with Crippen molar-refractivity contribution in [1.29, 1.82) is 0 Å². The van der Waals surface area contributed by atoms with Crippen LogP contribution in [0.4, 0.5) is 11.4 Å². The SMILES string of the molecule is CC(=O)c1ccc(NCC2CCCO2)c([N+](=O)[O-])c1. The summed E-state index contributed by atoms with van der Waals surface area (Å²) < 4.78 is 5.45. The Labute approximate surface area is 110 Å². The zero-order chi connectivity index (χ0) is 13.8. The summed E-state index contributed by atoms with van der Waals surface area (Å²) in [6.45, 7) is 2.68. The van der Waals surface area contributed by atoms with Crippen molar-refractivity contribution in [3.63, 3.8) is 0 Å². The molecule has 0 aliphatic carbocycles. The van der Waals surface area contributed by atoms with Gasteiger partial charge in [0.15, 0.2) is 5.78 Å². The Bertz CT molecular complexity index is 495. The number of nitro groups is 1. The van der Waals surface area contributed by atoms with Gasteiger partial charge in [-0.05, 0) is 31.9 Å². The lowest BCUT2D eigenvalue weighted by Crippen LogP contribution is -2.19. The quantitative estimate of drug-likeness (QED) is 0.501. The Balaban J connectivity index is 2.14. The smallest absolute Gasteiger partial charge is 0.293 e. The number of anilines is 1. The van der Waals surface area contributed by atoms with E-state index in [1.165, 1.54) is 13.0 Å². The molecule has 6 nitrogen and oxygen atoms in total. The van der Waals surface area contributed by atoms with Gasteiger partial charge in [0.1, 0.15) is 5.69 Å². The molecule has 1 aliphatic heterocycles. The van der Waals surface area contributed by atoms with Crippen molar-refractivity contribution in [2.45, 2.75) is 25.9 Å². The standard InChI is InChI=1S/C13H16N2O4/c1-9(16)10-4-5-12(13(7-10)15(17)18)14-8-11-3-2-6-19-11/h4-5,7,11,14H,2-3,6,8H2,1H3. The van der Waals surface area contributed by atoms with Crippen LogP contribution in [0.2, 0.25) is 0 Å². The number of hydrogen-bond acceptors (Lipinski definition) is 5. The number of ketones is 1. The molecule has 0 saturated carbocycles. The number of carbonyl (C=O) groups excluding carboxylic acids is 1. The maximum Gasteiger partial charge on any atom is 0.293 e. The predicted octanol–water partition coefficient (Wildman–Crippen LogP) is 2.39. The molecule has 1 unspecified atom stereocenters. The summed E-state index contributed by atoms with van der Waals surface area (Å²) in [5.41, 5.74) is 0.686. The molecule has 1 N–H and O–H groups in total. The second-order valence-corrected chi connectivity index (χ2v) is 4.56. The molecule has 0 bridgehead atoms. The number of rotatable bonds is 5. The van der Waals surface area contributed by atoms with Gasteiger partial charge in [-0.15, -0.1) is 0 Å². The lowest BCUT2D eigenvalue weighted by atomic mass is 10.1. The van der Waals surface area contributed by atoms with Crippen molar-refractivity contribution in [2.24, 2.45) is 0 Å². The number of carbonyl (C=O) groups is 1. The zero-order valence-corrected chi connectivity index (χ0v) is 10.7. The first-order valence-electron chi connectivity index (χ1n) is 6.23. The van der Waals surface area contributed by atoms with Gasteiger partial charge in [0.05, 0.1) is 11.0 Å². The van der Waals surface area contributed by atoms with E-state index in [1.807, 2.05) is 0 Å². The molecular formula is C13H16N2O4. The Morgan fingerprint density at radius 3 is 2.95 bits per heavy atom. The van der Waals surface area contributed by atoms with Crippen molar-refractivity contribution in [1.82, 2.24) is 0 Å². The Hall–Kier alpha value is -1.95. The van der Waals surface area contributed by atoms with E-state index in [-0.39, 0.29) is 17.6 Å². The van der Waals surface area contributed by atoms with E-state index in [9.17, 15) is 14.9 Å². The van der Waals surface area contributed by atoms with E-state index < -0.39 is 4.92 Å². The summed E-state index contributed by atoms with van der Waals surface area (Å²) in [5.74, 6) is -0.186. The van der Waals surface area contributed by atoms with Crippen LogP contribution >= 0.6 is 0 Å². The van der Waals surface area contributed by atoms with E-state index in [1.54, 1.807) is 12.1 Å². The van der Waals surface area contributed by atoms with Crippen LogP contribution in [0.1, 0.15) is 30.1 Å². The number of benzene rings is 1. The molecule has 102 valence electrons. The number of Topliss-reactive ketones (excluding diaryl/α,β-unsaturated/α-hetero) is 1. The van der Waals surface area contributed by atoms with Gasteiger partial charge in [0.2, 0.25) is 0 Å². The molecule has 1 aliphatic rings. The van der Waals surface area contributed by atoms with Crippen LogP contribution < -0.4 is 5.32 Å². The van der Waals surface area contributed by atoms with Gasteiger partial charge in [-0.25, -0.2) is 0 Å². The van der Waals surface area contributed by atoms with Gasteiger partial charge in [-0.3, -0.25) is 14.9 Å². The monoisotopic (exact) mass is 264 g/mol. The van der Waals surface area contributed by atoms with Gasteiger partial charge < -0.3 is 10.1 Å². The minimum atomic E-state index is -0.482. The number of nitrogens with one attached hydrogen (secondary N) is 1. The first-order chi connectivity index (χ1) is 9.08. The summed E-state index contributed by atoms with van der Waals surface area (Å²) in [6.07, 6.45) is 2.09. The predicted molar refractivity (Wildman–Crippen MR) is 70.6 cm³/mol. The van der Waals surface area contributed by atoms with Crippen molar-refractivity contribution in [2.75, 3.05) is 18.5 Å². The molecule has 19 heavy (non-hydrogen) atoms. The molecule has 6 heteroatoms. The third-order valence-corrected chi connectivity index (χ3v) is 3.15. The minimum Gasteiger partial charge on any atom is -0.377 e. The highest BCUT2D eigenvalue weighted by Crippen LogP contribution is 2.26. The van der Waals surface area contributed by atoms with E-state index in [2.05, 4.69) is 5.32 Å². The van der Waals surface area contributed by atoms with Crippen molar-refractivity contribution >= 4 is 17.2 Å². The molecule has 1 aromatic carbocycles. The third kappa shape index (κ3) is 3.29. The largest absolute Gasteiger partial charge is 0.377 e. The second-order valence-electron chi connectivity index (χ2n) is 4.56. The van der Waals surface area contributed by atoms with Crippen molar-refractivity contribution < 1.29 is 14.5 Å². The lowest BCUT2D eigenvalue weighted by Gasteiger charge is -2.12. The summed E-state index contributed by atoms with van der Waals surface area (Å²) in [6, 6.07) is 4.47. The average molecular weight is 264 g/mol. The van der Waals surface area contributed by atoms with E-state index >= 15 is 0 Å². The summed E-state index contributed by atoms with van der Waals surface area (Å²) in [4.78, 5) is 21.8. The van der Waals surface area contributed by atoms with Crippen molar-refractivity contribution in [3.8, 4) is 0 Å². The summed E-state index contributed by atoms with van der Waals surface area (Å²) >= 11 is 0. The molecule has 1 heterocycles. The molecule has 1 aromatic rings. The van der Waals surface area contributed by atoms with E-state index in [0.29, 0.717) is 17.8 Å². The van der Waals surface area contributed by atoms with Crippen LogP contribution in [0.25, 0.3) is 0 Å². The molecule has 0 amide bonds. The van der Waals surface area contributed by atoms with Crippen LogP contribution in [-0.2, 0) is 4.74 Å². The average Bonchev–Trinajstić information content (AvgIpc) is 2.89. The fourth-order valence-corrected chi connectivity index (χ4v) is 2.08. The molecule has 1 atom stereocenters. The molecule has 0 spiro atoms. The first-order valence-corrected chi connectivity index (χ1v) is 6.23. The molecule has 1 saturated heterocycles. The fraction of sp³-hybridized carbons (Fsp3) is 0.462. The topological polar surface area (TPSA) is 81.5 Å². The molecule has 0 aromatic heterocycles. The first kappa shape index (κ1) is 13.5. The fourth-order valence-electron chi connectivity index (χ4n) is 2.08. The molecular weight excluding hydrogens is 248 g/mol. The molecule has 0 radical (unpaired) electrons. The number of nitrogens with zero attached hydrogens (tertiary/aromatic N) is 1. The normalized spacial score (nSPS) is 18.3. The minimum absolute atomic E-state index is 0.0781. The Kier molecular flexibility index (Phi) is 4.11. The van der Waals surface area contributed by atoms with Crippen LogP contribution in [0.5, 0.6) is 0 Å². The highest BCUT2D eigenvalue weighted by atomic mass is 16.6. The molecule has 2 rings (SSSR count). The maximum atomic E-state index is 11.2. The second kappa shape index (κ2) is 5.79. The zero-order valence-electron chi connectivity index (χ0n) is 10.7. The Morgan fingerprint density at radius 1 is 1.58 bits per heavy atom. The highest BCUT2D eigenvalue weighted by Gasteiger charge is 2.19. The van der Waals surface area contributed by atoms with Crippen LogP contribution in [-0.4, -0.2) is 30.0 Å². The van der Waals surface area contributed by atoms with Gasteiger partial charge in [0.25, 0.3) is 5.69 Å². The van der Waals surface area contributed by atoms with E-state index in [0.717, 1.165) is 19.4 Å². The number of ether oxygens (including phenoxy) is 1. The van der Waals surface area contributed by atoms with E-state index in [4.69, 9.17) is 4.74 Å². The summed E-state index contributed by atoms with van der Waals surface area (Å²) in [5, 5.41) is 14.0. The van der Waals surface area contributed by atoms with Crippen LogP contribution in [0, 0.1) is 10.1 Å². The van der Waals surface area contributed by atoms with Crippen LogP contribution in [0.3, 0.4) is 0 Å². The van der Waals surface area contributed by atoms with Gasteiger partial charge in [-0.2, -0.15) is 0 Å². The van der Waals surface area contributed by atoms with Gasteiger partial charge >= 0.3 is 0 Å². The van der Waals surface area contributed by atoms with Crippen molar-refractivity contribution in [3.05, 3.63) is 33.9 Å².